The lowest BCUT2D eigenvalue weighted by Gasteiger charge is -2.09. The van der Waals surface area contributed by atoms with Gasteiger partial charge in [0.1, 0.15) is 11.6 Å². The van der Waals surface area contributed by atoms with Crippen LogP contribution in [0.4, 0.5) is 10.1 Å². The number of ketones is 1. The predicted molar refractivity (Wildman–Crippen MR) is 121 cm³/mol. The molecule has 3 aromatic carbocycles. The van der Waals surface area contributed by atoms with Gasteiger partial charge in [0, 0.05) is 17.3 Å². The maximum Gasteiger partial charge on any atom is 0.331 e. The highest BCUT2D eigenvalue weighted by atomic mass is 32.2. The van der Waals surface area contributed by atoms with E-state index in [2.05, 4.69) is 4.72 Å². The van der Waals surface area contributed by atoms with Gasteiger partial charge in [0.05, 0.1) is 12.0 Å². The van der Waals surface area contributed by atoms with Crippen LogP contribution in [0.1, 0.15) is 15.9 Å². The summed E-state index contributed by atoms with van der Waals surface area (Å²) in [5, 5.41) is 0. The third-order valence-electron chi connectivity index (χ3n) is 4.46. The van der Waals surface area contributed by atoms with E-state index < -0.39 is 34.2 Å². The van der Waals surface area contributed by atoms with Crippen LogP contribution in [0.15, 0.2) is 83.8 Å². The van der Waals surface area contributed by atoms with Crippen molar-refractivity contribution in [3.05, 3.63) is 95.8 Å². The summed E-state index contributed by atoms with van der Waals surface area (Å²) in [4.78, 5) is 23.8. The molecule has 0 spiro atoms. The Labute approximate surface area is 190 Å². The molecule has 0 aliphatic rings. The predicted octanol–water partition coefficient (Wildman–Crippen LogP) is 4.07. The molecule has 0 bridgehead atoms. The fourth-order valence-corrected chi connectivity index (χ4v) is 3.76. The van der Waals surface area contributed by atoms with Crippen molar-refractivity contribution in [2.45, 2.75) is 4.90 Å². The van der Waals surface area contributed by atoms with Gasteiger partial charge in [0.15, 0.2) is 12.4 Å². The van der Waals surface area contributed by atoms with Gasteiger partial charge in [0.2, 0.25) is 0 Å². The van der Waals surface area contributed by atoms with E-state index in [-0.39, 0.29) is 10.5 Å². The Morgan fingerprint density at radius 2 is 1.58 bits per heavy atom. The van der Waals surface area contributed by atoms with Crippen LogP contribution >= 0.6 is 0 Å². The number of sulfonamides is 1. The fourth-order valence-electron chi connectivity index (χ4n) is 2.70. The van der Waals surface area contributed by atoms with Gasteiger partial charge in [-0.2, -0.15) is 0 Å². The maximum atomic E-state index is 12.9. The summed E-state index contributed by atoms with van der Waals surface area (Å²) < 4.78 is 50.4. The number of methoxy groups -OCH3 is 1. The van der Waals surface area contributed by atoms with Crippen molar-refractivity contribution in [2.75, 3.05) is 18.4 Å². The number of anilines is 1. The summed E-state index contributed by atoms with van der Waals surface area (Å²) >= 11 is 0. The summed E-state index contributed by atoms with van der Waals surface area (Å²) in [6, 6.07) is 17.2. The Bertz CT molecular complexity index is 1250. The van der Waals surface area contributed by atoms with Crippen molar-refractivity contribution >= 4 is 33.5 Å². The van der Waals surface area contributed by atoms with Crippen molar-refractivity contribution in [2.24, 2.45) is 0 Å². The summed E-state index contributed by atoms with van der Waals surface area (Å²) in [5.74, 6) is -1.08. The highest BCUT2D eigenvalue weighted by Gasteiger charge is 2.14. The number of Topliss-reactive ketones (excluding diaryl/α,β-unsaturated/α-hetero) is 1. The molecule has 7 nitrogen and oxygen atoms in total. The van der Waals surface area contributed by atoms with Crippen LogP contribution in [0.3, 0.4) is 0 Å². The van der Waals surface area contributed by atoms with Crippen molar-refractivity contribution in [3.63, 3.8) is 0 Å². The first-order chi connectivity index (χ1) is 15.8. The van der Waals surface area contributed by atoms with Gasteiger partial charge in [0.25, 0.3) is 10.0 Å². The zero-order valence-electron chi connectivity index (χ0n) is 17.5. The molecule has 0 atom stereocenters. The van der Waals surface area contributed by atoms with Gasteiger partial charge in [-0.3, -0.25) is 9.52 Å². The average molecular weight is 469 g/mol. The molecule has 3 rings (SSSR count). The molecule has 0 radical (unpaired) electrons. The van der Waals surface area contributed by atoms with Crippen LogP contribution in [0.25, 0.3) is 6.08 Å². The van der Waals surface area contributed by atoms with Crippen LogP contribution in [0, 0.1) is 5.82 Å². The molecular formula is C24H20FNO6S. The number of carbonyl (C=O) groups is 2. The van der Waals surface area contributed by atoms with Crippen LogP contribution in [0.5, 0.6) is 5.75 Å². The second-order valence-corrected chi connectivity index (χ2v) is 8.46. The molecule has 9 heteroatoms. The largest absolute Gasteiger partial charge is 0.497 e. The Hall–Kier alpha value is -3.98. The number of halogens is 1. The lowest BCUT2D eigenvalue weighted by molar-refractivity contribution is -0.136. The normalized spacial score (nSPS) is 11.2. The number of hydrogen-bond acceptors (Lipinski definition) is 6. The van der Waals surface area contributed by atoms with Gasteiger partial charge >= 0.3 is 5.97 Å². The third kappa shape index (κ3) is 6.75. The highest BCUT2D eigenvalue weighted by molar-refractivity contribution is 7.92. The highest BCUT2D eigenvalue weighted by Crippen LogP contribution is 2.20. The molecule has 0 amide bonds. The zero-order valence-corrected chi connectivity index (χ0v) is 18.3. The minimum atomic E-state index is -3.80. The summed E-state index contributed by atoms with van der Waals surface area (Å²) in [7, 11) is -2.28. The number of rotatable bonds is 9. The molecule has 1 N–H and O–H groups in total. The smallest absolute Gasteiger partial charge is 0.331 e. The molecule has 3 aromatic rings. The summed E-state index contributed by atoms with van der Waals surface area (Å²) in [5.41, 5.74) is 1.17. The van der Waals surface area contributed by atoms with Gasteiger partial charge in [-0.15, -0.1) is 0 Å². The number of hydrogen-bond donors (Lipinski definition) is 1. The minimum Gasteiger partial charge on any atom is -0.497 e. The number of ether oxygens (including phenoxy) is 2. The molecular weight excluding hydrogens is 449 g/mol. The molecule has 33 heavy (non-hydrogen) atoms. The number of benzene rings is 3. The van der Waals surface area contributed by atoms with Gasteiger partial charge in [-0.05, 0) is 72.3 Å². The fraction of sp³-hybridized carbons (Fsp3) is 0.0833. The topological polar surface area (TPSA) is 98.8 Å². The van der Waals surface area contributed by atoms with Crippen molar-refractivity contribution in [3.8, 4) is 5.75 Å². The second-order valence-electron chi connectivity index (χ2n) is 6.77. The minimum absolute atomic E-state index is 0.0444. The van der Waals surface area contributed by atoms with Crippen LogP contribution < -0.4 is 9.46 Å². The Morgan fingerprint density at radius 3 is 2.18 bits per heavy atom. The standard InChI is InChI=1S/C24H20FNO6S/c1-31-21-11-9-20(10-12-21)26-33(29,30)22-13-2-17(3-14-22)4-15-24(28)32-16-23(27)18-5-7-19(25)8-6-18/h2-15,26H,16H2,1H3/b15-4+. The Kier molecular flexibility index (Phi) is 7.57. The van der Waals surface area contributed by atoms with E-state index in [4.69, 9.17) is 9.47 Å². The zero-order chi connectivity index (χ0) is 23.8. The van der Waals surface area contributed by atoms with E-state index in [0.717, 1.165) is 18.2 Å². The van der Waals surface area contributed by atoms with Crippen LogP contribution in [-0.2, 0) is 19.6 Å². The molecule has 0 unspecified atom stereocenters. The van der Waals surface area contributed by atoms with Gasteiger partial charge < -0.3 is 9.47 Å². The monoisotopic (exact) mass is 469 g/mol. The van der Waals surface area contributed by atoms with Crippen LogP contribution in [0.2, 0.25) is 0 Å². The molecule has 0 heterocycles. The molecule has 0 fully saturated rings. The lowest BCUT2D eigenvalue weighted by Crippen LogP contribution is -2.13. The molecule has 0 saturated carbocycles. The number of nitrogens with one attached hydrogen (secondary N) is 1. The van der Waals surface area contributed by atoms with Crippen molar-refractivity contribution in [1.29, 1.82) is 0 Å². The third-order valence-corrected chi connectivity index (χ3v) is 5.85. The van der Waals surface area contributed by atoms with Crippen LogP contribution in [-0.4, -0.2) is 33.9 Å². The molecule has 0 aromatic heterocycles. The van der Waals surface area contributed by atoms with E-state index in [9.17, 15) is 22.4 Å². The summed E-state index contributed by atoms with van der Waals surface area (Å²) in [6.07, 6.45) is 2.55. The first-order valence-corrected chi connectivity index (χ1v) is 11.2. The van der Waals surface area contributed by atoms with Gasteiger partial charge in [-0.1, -0.05) is 12.1 Å². The summed E-state index contributed by atoms with van der Waals surface area (Å²) in [6.45, 7) is -0.483. The van der Waals surface area contributed by atoms with E-state index in [1.807, 2.05) is 0 Å². The molecule has 0 aliphatic heterocycles. The maximum absolute atomic E-state index is 12.9. The SMILES string of the molecule is COc1ccc(NS(=O)(=O)c2ccc(/C=C/C(=O)OCC(=O)c3ccc(F)cc3)cc2)cc1. The van der Waals surface area contributed by atoms with E-state index in [1.54, 1.807) is 24.3 Å². The van der Waals surface area contributed by atoms with Gasteiger partial charge in [-0.25, -0.2) is 17.6 Å². The lowest BCUT2D eigenvalue weighted by atomic mass is 10.1. The Balaban J connectivity index is 1.55. The number of esters is 1. The van der Waals surface area contributed by atoms with E-state index in [0.29, 0.717) is 17.0 Å². The molecule has 0 saturated heterocycles. The second kappa shape index (κ2) is 10.6. The van der Waals surface area contributed by atoms with Crippen molar-refractivity contribution < 1.29 is 31.9 Å². The van der Waals surface area contributed by atoms with Crippen molar-refractivity contribution in [1.82, 2.24) is 0 Å². The molecule has 170 valence electrons. The molecule has 0 aliphatic carbocycles. The Morgan fingerprint density at radius 1 is 0.939 bits per heavy atom. The average Bonchev–Trinajstić information content (AvgIpc) is 2.82. The van der Waals surface area contributed by atoms with E-state index >= 15 is 0 Å². The van der Waals surface area contributed by atoms with E-state index in [1.165, 1.54) is 49.6 Å². The first-order valence-electron chi connectivity index (χ1n) is 9.67. The number of carbonyl (C=O) groups excluding carboxylic acids is 2. The first kappa shape index (κ1) is 23.7. The quantitative estimate of drug-likeness (QED) is 0.288.